The van der Waals surface area contributed by atoms with E-state index in [0.29, 0.717) is 31.6 Å². The van der Waals surface area contributed by atoms with Gasteiger partial charge in [-0.15, -0.1) is 0 Å². The van der Waals surface area contributed by atoms with Crippen LogP contribution in [0.3, 0.4) is 0 Å². The summed E-state index contributed by atoms with van der Waals surface area (Å²) in [5.74, 6) is 0.573. The zero-order valence-electron chi connectivity index (χ0n) is 17.2. The van der Waals surface area contributed by atoms with E-state index in [2.05, 4.69) is 20.5 Å². The predicted octanol–water partition coefficient (Wildman–Crippen LogP) is 1.51. The summed E-state index contributed by atoms with van der Waals surface area (Å²) in [6.45, 7) is 0.925. The molecular weight excluding hydrogens is 394 g/mol. The van der Waals surface area contributed by atoms with Gasteiger partial charge >= 0.3 is 5.69 Å². The normalized spacial score (nSPS) is 16.1. The van der Waals surface area contributed by atoms with Crippen molar-refractivity contribution >= 4 is 16.8 Å². The fourth-order valence-electron chi connectivity index (χ4n) is 4.18. The number of aromatic nitrogens is 6. The SMILES string of the molecule is Cn1nc(C(=O)NC2CCc3nn(Cc4cccnc4)c(=O)n3CC2)c2ccccc21. The van der Waals surface area contributed by atoms with E-state index < -0.39 is 0 Å². The van der Waals surface area contributed by atoms with E-state index in [1.54, 1.807) is 21.6 Å². The van der Waals surface area contributed by atoms with Crippen molar-refractivity contribution in [2.75, 3.05) is 0 Å². The molecule has 9 nitrogen and oxygen atoms in total. The van der Waals surface area contributed by atoms with E-state index in [-0.39, 0.29) is 17.6 Å². The van der Waals surface area contributed by atoms with Crippen LogP contribution in [0.2, 0.25) is 0 Å². The number of carbonyl (C=O) groups is 1. The van der Waals surface area contributed by atoms with Crippen molar-refractivity contribution in [3.63, 3.8) is 0 Å². The van der Waals surface area contributed by atoms with Gasteiger partial charge in [-0.25, -0.2) is 9.48 Å². The molecule has 1 aliphatic heterocycles. The summed E-state index contributed by atoms with van der Waals surface area (Å²) in [6.07, 6.45) is 5.46. The van der Waals surface area contributed by atoms with Gasteiger partial charge < -0.3 is 5.32 Å². The molecule has 1 atom stereocenters. The van der Waals surface area contributed by atoms with Gasteiger partial charge in [0.2, 0.25) is 0 Å². The second-order valence-corrected chi connectivity index (χ2v) is 7.86. The first-order valence-corrected chi connectivity index (χ1v) is 10.4. The monoisotopic (exact) mass is 417 g/mol. The average molecular weight is 417 g/mol. The van der Waals surface area contributed by atoms with Crippen molar-refractivity contribution in [3.8, 4) is 0 Å². The van der Waals surface area contributed by atoms with E-state index in [0.717, 1.165) is 28.7 Å². The van der Waals surface area contributed by atoms with Gasteiger partial charge in [0.15, 0.2) is 5.69 Å². The van der Waals surface area contributed by atoms with Crippen LogP contribution in [-0.4, -0.2) is 41.1 Å². The third kappa shape index (κ3) is 3.63. The molecular formula is C22H23N7O2. The number of hydrogen-bond donors (Lipinski definition) is 1. The van der Waals surface area contributed by atoms with E-state index >= 15 is 0 Å². The highest BCUT2D eigenvalue weighted by molar-refractivity contribution is 6.04. The molecule has 0 saturated carbocycles. The van der Waals surface area contributed by atoms with Crippen molar-refractivity contribution in [2.24, 2.45) is 7.05 Å². The number of hydrogen-bond acceptors (Lipinski definition) is 5. The van der Waals surface area contributed by atoms with Crippen LogP contribution in [0.25, 0.3) is 10.9 Å². The topological polar surface area (TPSA) is 99.6 Å². The molecule has 1 aromatic carbocycles. The highest BCUT2D eigenvalue weighted by Gasteiger charge is 2.24. The lowest BCUT2D eigenvalue weighted by molar-refractivity contribution is 0.0928. The second-order valence-electron chi connectivity index (χ2n) is 7.86. The number of rotatable bonds is 4. The van der Waals surface area contributed by atoms with Crippen molar-refractivity contribution in [1.29, 1.82) is 0 Å². The van der Waals surface area contributed by atoms with Crippen molar-refractivity contribution in [1.82, 2.24) is 34.4 Å². The number of carbonyl (C=O) groups excluding carboxylic acids is 1. The van der Waals surface area contributed by atoms with Crippen LogP contribution in [0.15, 0.2) is 53.6 Å². The number of amides is 1. The maximum Gasteiger partial charge on any atom is 0.346 e. The Morgan fingerprint density at radius 2 is 2.03 bits per heavy atom. The number of pyridine rings is 1. The third-order valence-corrected chi connectivity index (χ3v) is 5.78. The quantitative estimate of drug-likeness (QED) is 0.543. The number of para-hydroxylation sites is 1. The molecule has 9 heteroatoms. The Kier molecular flexibility index (Phi) is 4.85. The Labute approximate surface area is 178 Å². The molecule has 0 spiro atoms. The van der Waals surface area contributed by atoms with Gasteiger partial charge in [0.1, 0.15) is 5.82 Å². The maximum atomic E-state index is 12.9. The fourth-order valence-corrected chi connectivity index (χ4v) is 4.18. The number of nitrogens with one attached hydrogen (secondary N) is 1. The molecule has 1 N–H and O–H groups in total. The molecule has 4 heterocycles. The lowest BCUT2D eigenvalue weighted by atomic mass is 10.1. The summed E-state index contributed by atoms with van der Waals surface area (Å²) in [7, 11) is 1.83. The smallest absolute Gasteiger partial charge is 0.346 e. The number of nitrogens with zero attached hydrogens (tertiary/aromatic N) is 6. The molecule has 4 aromatic rings. The van der Waals surface area contributed by atoms with Gasteiger partial charge in [-0.3, -0.25) is 19.0 Å². The third-order valence-electron chi connectivity index (χ3n) is 5.78. The van der Waals surface area contributed by atoms with Gasteiger partial charge in [0.25, 0.3) is 5.91 Å². The maximum absolute atomic E-state index is 12.9. The van der Waals surface area contributed by atoms with E-state index in [1.165, 1.54) is 4.68 Å². The Hall–Kier alpha value is -3.75. The van der Waals surface area contributed by atoms with Gasteiger partial charge in [0, 0.05) is 43.8 Å². The van der Waals surface area contributed by atoms with E-state index in [1.807, 2.05) is 43.4 Å². The Bertz CT molecular complexity index is 1300. The van der Waals surface area contributed by atoms with E-state index in [9.17, 15) is 9.59 Å². The minimum absolute atomic E-state index is 0.0406. The first-order chi connectivity index (χ1) is 15.1. The molecule has 0 saturated heterocycles. The van der Waals surface area contributed by atoms with Crippen molar-refractivity contribution < 1.29 is 4.79 Å². The predicted molar refractivity (Wildman–Crippen MR) is 115 cm³/mol. The van der Waals surface area contributed by atoms with Gasteiger partial charge in [-0.1, -0.05) is 24.3 Å². The molecule has 31 heavy (non-hydrogen) atoms. The summed E-state index contributed by atoms with van der Waals surface area (Å²) in [5, 5.41) is 12.9. The van der Waals surface area contributed by atoms with Crippen molar-refractivity contribution in [3.05, 3.63) is 76.4 Å². The lowest BCUT2D eigenvalue weighted by Gasteiger charge is -2.15. The molecule has 1 unspecified atom stereocenters. The Morgan fingerprint density at radius 1 is 1.16 bits per heavy atom. The zero-order chi connectivity index (χ0) is 21.4. The largest absolute Gasteiger partial charge is 0.348 e. The van der Waals surface area contributed by atoms with E-state index in [4.69, 9.17) is 0 Å². The molecule has 0 aliphatic carbocycles. The molecule has 3 aromatic heterocycles. The van der Waals surface area contributed by atoms with Crippen LogP contribution >= 0.6 is 0 Å². The molecule has 5 rings (SSSR count). The summed E-state index contributed by atoms with van der Waals surface area (Å²) < 4.78 is 4.93. The molecule has 0 radical (unpaired) electrons. The molecule has 0 fully saturated rings. The molecule has 158 valence electrons. The van der Waals surface area contributed by atoms with Crippen LogP contribution in [-0.2, 0) is 26.6 Å². The summed E-state index contributed by atoms with van der Waals surface area (Å²) in [5.41, 5.74) is 2.16. The van der Waals surface area contributed by atoms with Crippen LogP contribution in [0.1, 0.15) is 34.7 Å². The number of aryl methyl sites for hydroxylation is 2. The summed E-state index contributed by atoms with van der Waals surface area (Å²) in [6, 6.07) is 11.4. The Morgan fingerprint density at radius 3 is 2.87 bits per heavy atom. The fraction of sp³-hybridized carbons (Fsp3) is 0.318. The van der Waals surface area contributed by atoms with Crippen LogP contribution < -0.4 is 11.0 Å². The van der Waals surface area contributed by atoms with Crippen LogP contribution in [0.4, 0.5) is 0 Å². The summed E-state index contributed by atoms with van der Waals surface area (Å²) in [4.78, 5) is 29.8. The van der Waals surface area contributed by atoms with Crippen LogP contribution in [0.5, 0.6) is 0 Å². The number of fused-ring (bicyclic) bond motifs is 2. The minimum Gasteiger partial charge on any atom is -0.348 e. The van der Waals surface area contributed by atoms with Gasteiger partial charge in [-0.05, 0) is 30.5 Å². The van der Waals surface area contributed by atoms with Gasteiger partial charge in [-0.2, -0.15) is 10.2 Å². The first-order valence-electron chi connectivity index (χ1n) is 10.4. The molecule has 1 amide bonds. The number of benzene rings is 1. The molecule has 0 bridgehead atoms. The zero-order valence-corrected chi connectivity index (χ0v) is 17.2. The molecule has 1 aliphatic rings. The minimum atomic E-state index is -0.185. The standard InChI is InChI=1S/C22H23N7O2/c1-27-18-7-3-2-6-17(18)20(26-27)21(30)24-16-8-9-19-25-29(22(31)28(19)12-10-16)14-15-5-4-11-23-13-15/h2-7,11,13,16H,8-10,12,14H2,1H3,(H,24,30). The summed E-state index contributed by atoms with van der Waals surface area (Å²) >= 11 is 0. The second kappa shape index (κ2) is 7.82. The van der Waals surface area contributed by atoms with Gasteiger partial charge in [0.05, 0.1) is 12.1 Å². The Balaban J connectivity index is 1.29. The highest BCUT2D eigenvalue weighted by atomic mass is 16.2. The van der Waals surface area contributed by atoms with Crippen LogP contribution in [0, 0.1) is 0 Å². The lowest BCUT2D eigenvalue weighted by Crippen LogP contribution is -2.36. The average Bonchev–Trinajstić information content (AvgIpc) is 3.19. The highest BCUT2D eigenvalue weighted by Crippen LogP contribution is 2.19. The first kappa shape index (κ1) is 19.2. The van der Waals surface area contributed by atoms with Crippen molar-refractivity contribution in [2.45, 2.75) is 38.4 Å².